The zero-order valence-electron chi connectivity index (χ0n) is 11.2. The fourth-order valence-electron chi connectivity index (χ4n) is 2.49. The lowest BCUT2D eigenvalue weighted by Crippen LogP contribution is -2.00. The minimum absolute atomic E-state index is 0.826. The normalized spacial score (nSPS) is 10.8. The second-order valence-corrected chi connectivity index (χ2v) is 4.99. The summed E-state index contributed by atoms with van der Waals surface area (Å²) in [6.45, 7) is 5.09. The molecule has 96 valence electrons. The third-order valence-corrected chi connectivity index (χ3v) is 3.25. The van der Waals surface area contributed by atoms with Crippen LogP contribution in [0.5, 0.6) is 0 Å². The number of fused-ring (bicyclic) bond motifs is 1. The molecule has 0 spiro atoms. The molecule has 1 aromatic heterocycles. The lowest BCUT2D eigenvalue weighted by Gasteiger charge is -2.09. The third kappa shape index (κ3) is 2.45. The monoisotopic (exact) mass is 251 g/mol. The number of anilines is 1. The highest BCUT2D eigenvalue weighted by Gasteiger charge is 2.02. The SMILES string of the molecule is Cc1cc(C)cc(CNc2cccc3[nH]ncc23)c1. The maximum Gasteiger partial charge on any atom is 0.0671 e. The van der Waals surface area contributed by atoms with E-state index in [4.69, 9.17) is 0 Å². The van der Waals surface area contributed by atoms with E-state index in [2.05, 4.69) is 53.6 Å². The molecule has 0 aliphatic heterocycles. The van der Waals surface area contributed by atoms with Gasteiger partial charge in [-0.15, -0.1) is 0 Å². The van der Waals surface area contributed by atoms with Crippen molar-refractivity contribution in [2.45, 2.75) is 20.4 Å². The van der Waals surface area contributed by atoms with Gasteiger partial charge in [-0.3, -0.25) is 5.10 Å². The Hall–Kier alpha value is -2.29. The lowest BCUT2D eigenvalue weighted by molar-refractivity contribution is 1.12. The van der Waals surface area contributed by atoms with Gasteiger partial charge in [-0.05, 0) is 31.5 Å². The van der Waals surface area contributed by atoms with Crippen molar-refractivity contribution in [1.29, 1.82) is 0 Å². The summed E-state index contributed by atoms with van der Waals surface area (Å²) in [6, 6.07) is 12.8. The Morgan fingerprint density at radius 1 is 1.11 bits per heavy atom. The Labute approximate surface area is 112 Å². The number of aromatic nitrogens is 2. The molecule has 3 rings (SSSR count). The smallest absolute Gasteiger partial charge is 0.0671 e. The molecule has 1 heterocycles. The number of benzene rings is 2. The maximum absolute atomic E-state index is 4.08. The summed E-state index contributed by atoms with van der Waals surface area (Å²) in [5, 5.41) is 11.7. The van der Waals surface area contributed by atoms with Gasteiger partial charge in [-0.1, -0.05) is 35.4 Å². The molecule has 3 nitrogen and oxygen atoms in total. The molecule has 0 aliphatic rings. The molecule has 19 heavy (non-hydrogen) atoms. The molecule has 0 atom stereocenters. The van der Waals surface area contributed by atoms with Crippen LogP contribution in [0.1, 0.15) is 16.7 Å². The van der Waals surface area contributed by atoms with Crippen LogP contribution < -0.4 is 5.32 Å². The van der Waals surface area contributed by atoms with Crippen LogP contribution in [0.2, 0.25) is 0 Å². The zero-order valence-corrected chi connectivity index (χ0v) is 11.2. The van der Waals surface area contributed by atoms with E-state index in [-0.39, 0.29) is 0 Å². The van der Waals surface area contributed by atoms with Crippen LogP contribution in [0, 0.1) is 13.8 Å². The molecule has 3 aromatic rings. The summed E-state index contributed by atoms with van der Waals surface area (Å²) in [4.78, 5) is 0. The Bertz CT molecular complexity index is 693. The average Bonchev–Trinajstić information content (AvgIpc) is 2.83. The van der Waals surface area contributed by atoms with Crippen molar-refractivity contribution in [2.75, 3.05) is 5.32 Å². The topological polar surface area (TPSA) is 40.7 Å². The minimum atomic E-state index is 0.826. The molecule has 0 saturated heterocycles. The largest absolute Gasteiger partial charge is 0.380 e. The fourth-order valence-corrected chi connectivity index (χ4v) is 2.49. The Kier molecular flexibility index (Phi) is 2.95. The second-order valence-electron chi connectivity index (χ2n) is 4.99. The van der Waals surface area contributed by atoms with E-state index in [0.717, 1.165) is 23.1 Å². The van der Waals surface area contributed by atoms with Crippen molar-refractivity contribution in [3.8, 4) is 0 Å². The standard InChI is InChI=1S/C16H17N3/c1-11-6-12(2)8-13(7-11)9-17-15-4-3-5-16-14(15)10-18-19-16/h3-8,10,17H,9H2,1-2H3,(H,18,19). The van der Waals surface area contributed by atoms with Gasteiger partial charge in [-0.2, -0.15) is 5.10 Å². The molecule has 2 aromatic carbocycles. The molecule has 0 amide bonds. The molecule has 3 heteroatoms. The first-order valence-electron chi connectivity index (χ1n) is 6.45. The Morgan fingerprint density at radius 2 is 1.89 bits per heavy atom. The number of nitrogens with one attached hydrogen (secondary N) is 2. The predicted octanol–water partition coefficient (Wildman–Crippen LogP) is 3.79. The summed E-state index contributed by atoms with van der Waals surface area (Å²) >= 11 is 0. The van der Waals surface area contributed by atoms with Crippen LogP contribution in [0.25, 0.3) is 10.9 Å². The Balaban J connectivity index is 1.84. The number of aryl methyl sites for hydroxylation is 2. The van der Waals surface area contributed by atoms with Gasteiger partial charge in [0, 0.05) is 17.6 Å². The average molecular weight is 251 g/mol. The summed E-state index contributed by atoms with van der Waals surface area (Å²) in [7, 11) is 0. The molecule has 0 unspecified atom stereocenters. The van der Waals surface area contributed by atoms with Gasteiger partial charge in [0.15, 0.2) is 0 Å². The first-order chi connectivity index (χ1) is 9.22. The Morgan fingerprint density at radius 3 is 2.68 bits per heavy atom. The lowest BCUT2D eigenvalue weighted by atomic mass is 10.1. The van der Waals surface area contributed by atoms with Crippen molar-refractivity contribution >= 4 is 16.6 Å². The van der Waals surface area contributed by atoms with Crippen LogP contribution in [-0.2, 0) is 6.54 Å². The quantitative estimate of drug-likeness (QED) is 0.743. The number of hydrogen-bond donors (Lipinski definition) is 2. The number of aromatic amines is 1. The maximum atomic E-state index is 4.08. The molecule has 0 fully saturated rings. The van der Waals surface area contributed by atoms with Gasteiger partial charge < -0.3 is 5.32 Å². The van der Waals surface area contributed by atoms with Gasteiger partial charge >= 0.3 is 0 Å². The van der Waals surface area contributed by atoms with Crippen molar-refractivity contribution in [3.05, 3.63) is 59.3 Å². The van der Waals surface area contributed by atoms with Crippen molar-refractivity contribution in [3.63, 3.8) is 0 Å². The van der Waals surface area contributed by atoms with E-state index in [1.165, 1.54) is 16.7 Å². The number of nitrogens with zero attached hydrogens (tertiary/aromatic N) is 1. The highest BCUT2D eigenvalue weighted by atomic mass is 15.1. The summed E-state index contributed by atoms with van der Waals surface area (Å²) in [6.07, 6.45) is 1.86. The summed E-state index contributed by atoms with van der Waals surface area (Å²) < 4.78 is 0. The highest BCUT2D eigenvalue weighted by molar-refractivity contribution is 5.90. The van der Waals surface area contributed by atoms with Crippen molar-refractivity contribution < 1.29 is 0 Å². The van der Waals surface area contributed by atoms with Crippen LogP contribution in [0.3, 0.4) is 0 Å². The highest BCUT2D eigenvalue weighted by Crippen LogP contribution is 2.21. The first-order valence-corrected chi connectivity index (χ1v) is 6.45. The van der Waals surface area contributed by atoms with Gasteiger partial charge in [0.25, 0.3) is 0 Å². The van der Waals surface area contributed by atoms with Gasteiger partial charge in [-0.25, -0.2) is 0 Å². The van der Waals surface area contributed by atoms with Gasteiger partial charge in [0.05, 0.1) is 11.7 Å². The third-order valence-electron chi connectivity index (χ3n) is 3.25. The molecule has 0 radical (unpaired) electrons. The van der Waals surface area contributed by atoms with Gasteiger partial charge in [0.2, 0.25) is 0 Å². The fraction of sp³-hybridized carbons (Fsp3) is 0.188. The molecule has 0 aliphatic carbocycles. The van der Waals surface area contributed by atoms with E-state index in [9.17, 15) is 0 Å². The summed E-state index contributed by atoms with van der Waals surface area (Å²) in [5.74, 6) is 0. The molecular weight excluding hydrogens is 234 g/mol. The van der Waals surface area contributed by atoms with E-state index in [0.29, 0.717) is 0 Å². The predicted molar refractivity (Wildman–Crippen MR) is 79.3 cm³/mol. The van der Waals surface area contributed by atoms with Crippen molar-refractivity contribution in [1.82, 2.24) is 10.2 Å². The van der Waals surface area contributed by atoms with E-state index >= 15 is 0 Å². The molecule has 0 saturated carbocycles. The zero-order chi connectivity index (χ0) is 13.2. The minimum Gasteiger partial charge on any atom is -0.380 e. The van der Waals surface area contributed by atoms with Crippen molar-refractivity contribution in [2.24, 2.45) is 0 Å². The van der Waals surface area contributed by atoms with E-state index in [1.807, 2.05) is 18.3 Å². The molecule has 2 N–H and O–H groups in total. The number of hydrogen-bond acceptors (Lipinski definition) is 2. The van der Waals surface area contributed by atoms with Crippen LogP contribution in [0.15, 0.2) is 42.6 Å². The second kappa shape index (κ2) is 4.76. The first kappa shape index (κ1) is 11.8. The van der Waals surface area contributed by atoms with Crippen LogP contribution in [-0.4, -0.2) is 10.2 Å². The van der Waals surface area contributed by atoms with E-state index < -0.39 is 0 Å². The number of rotatable bonds is 3. The summed E-state index contributed by atoms with van der Waals surface area (Å²) in [5.41, 5.74) is 6.09. The number of H-pyrrole nitrogens is 1. The van der Waals surface area contributed by atoms with Crippen LogP contribution >= 0.6 is 0 Å². The van der Waals surface area contributed by atoms with E-state index in [1.54, 1.807) is 0 Å². The molecular formula is C16H17N3. The molecule has 0 bridgehead atoms. The van der Waals surface area contributed by atoms with Crippen LogP contribution in [0.4, 0.5) is 5.69 Å². The van der Waals surface area contributed by atoms with Gasteiger partial charge in [0.1, 0.15) is 0 Å².